The van der Waals surface area contributed by atoms with Crippen LogP contribution in [0.1, 0.15) is 5.56 Å². The molecule has 0 radical (unpaired) electrons. The van der Waals surface area contributed by atoms with E-state index in [-0.39, 0.29) is 11.6 Å². The zero-order valence-electron chi connectivity index (χ0n) is 12.3. The zero-order valence-corrected chi connectivity index (χ0v) is 12.3. The summed E-state index contributed by atoms with van der Waals surface area (Å²) in [4.78, 5) is 23.1. The first kappa shape index (κ1) is 15.7. The number of hydrogen-bond donors (Lipinski definition) is 2. The van der Waals surface area contributed by atoms with Gasteiger partial charge in [-0.05, 0) is 12.1 Å². The van der Waals surface area contributed by atoms with E-state index in [1.54, 1.807) is 0 Å². The van der Waals surface area contributed by atoms with Gasteiger partial charge in [0.1, 0.15) is 6.54 Å². The predicted molar refractivity (Wildman–Crippen MR) is 83.6 cm³/mol. The Morgan fingerprint density at radius 1 is 1.14 bits per heavy atom. The van der Waals surface area contributed by atoms with Crippen molar-refractivity contribution in [2.24, 2.45) is 0 Å². The average molecular weight is 300 g/mol. The van der Waals surface area contributed by atoms with Crippen LogP contribution < -0.4 is 10.2 Å². The molecule has 1 amide bonds. The standard InChI is InChI=1S/C16H17N3O3/c1-18(11-13-5-3-2-4-6-13)12-16(20)17-14-7-9-15(10-8-14)19(21)22/h2-10H,11-12H2,1H3,(H,17,20)/p+1. The van der Waals surface area contributed by atoms with E-state index < -0.39 is 4.92 Å². The second kappa shape index (κ2) is 7.33. The Hall–Kier alpha value is -2.73. The maximum atomic E-state index is 12.0. The zero-order chi connectivity index (χ0) is 15.9. The van der Waals surface area contributed by atoms with Crippen molar-refractivity contribution in [2.75, 3.05) is 18.9 Å². The van der Waals surface area contributed by atoms with Gasteiger partial charge in [0, 0.05) is 23.4 Å². The van der Waals surface area contributed by atoms with Crippen molar-refractivity contribution in [3.63, 3.8) is 0 Å². The molecule has 0 heterocycles. The third-order valence-electron chi connectivity index (χ3n) is 3.17. The highest BCUT2D eigenvalue weighted by Gasteiger charge is 2.11. The van der Waals surface area contributed by atoms with Crippen molar-refractivity contribution < 1.29 is 14.6 Å². The number of amides is 1. The fourth-order valence-electron chi connectivity index (χ4n) is 2.15. The number of likely N-dealkylation sites (N-methyl/N-ethyl adjacent to an activating group) is 1. The van der Waals surface area contributed by atoms with Gasteiger partial charge >= 0.3 is 0 Å². The van der Waals surface area contributed by atoms with Gasteiger partial charge in [-0.2, -0.15) is 0 Å². The molecule has 0 aromatic heterocycles. The predicted octanol–water partition coefficient (Wildman–Crippen LogP) is 1.25. The van der Waals surface area contributed by atoms with E-state index in [0.29, 0.717) is 12.2 Å². The SMILES string of the molecule is C[NH+](CC(=O)Nc1ccc([N+](=O)[O-])cc1)Cc1ccccc1. The lowest BCUT2D eigenvalue weighted by molar-refractivity contribution is -0.885. The maximum Gasteiger partial charge on any atom is 0.279 e. The summed E-state index contributed by atoms with van der Waals surface area (Å²) in [7, 11) is 1.95. The van der Waals surface area contributed by atoms with Gasteiger partial charge in [0.05, 0.1) is 12.0 Å². The summed E-state index contributed by atoms with van der Waals surface area (Å²) in [6, 6.07) is 15.8. The molecule has 0 aliphatic carbocycles. The number of anilines is 1. The van der Waals surface area contributed by atoms with Crippen molar-refractivity contribution in [1.29, 1.82) is 0 Å². The van der Waals surface area contributed by atoms with Crippen LogP contribution in [0.2, 0.25) is 0 Å². The number of nitro groups is 1. The largest absolute Gasteiger partial charge is 0.326 e. The Labute approximate surface area is 128 Å². The fraction of sp³-hybridized carbons (Fsp3) is 0.188. The highest BCUT2D eigenvalue weighted by molar-refractivity contribution is 5.91. The topological polar surface area (TPSA) is 76.7 Å². The Kier molecular flexibility index (Phi) is 5.21. The molecule has 2 N–H and O–H groups in total. The molecule has 0 aliphatic heterocycles. The third-order valence-corrected chi connectivity index (χ3v) is 3.17. The molecule has 0 saturated heterocycles. The molecule has 114 valence electrons. The number of rotatable bonds is 6. The van der Waals surface area contributed by atoms with Crippen LogP contribution in [-0.2, 0) is 11.3 Å². The first-order chi connectivity index (χ1) is 10.5. The number of carbonyl (C=O) groups is 1. The monoisotopic (exact) mass is 300 g/mol. The quantitative estimate of drug-likeness (QED) is 0.622. The van der Waals surface area contributed by atoms with Crippen LogP contribution in [0.5, 0.6) is 0 Å². The number of nitrogens with zero attached hydrogens (tertiary/aromatic N) is 1. The first-order valence-corrected chi connectivity index (χ1v) is 6.94. The van der Waals surface area contributed by atoms with Crippen LogP contribution in [-0.4, -0.2) is 24.4 Å². The molecular formula is C16H18N3O3+. The number of hydrogen-bond acceptors (Lipinski definition) is 3. The molecule has 6 nitrogen and oxygen atoms in total. The second-order valence-electron chi connectivity index (χ2n) is 5.15. The van der Waals surface area contributed by atoms with Crippen molar-refractivity contribution in [1.82, 2.24) is 0 Å². The van der Waals surface area contributed by atoms with E-state index >= 15 is 0 Å². The maximum absolute atomic E-state index is 12.0. The molecule has 22 heavy (non-hydrogen) atoms. The summed E-state index contributed by atoms with van der Waals surface area (Å²) in [6.07, 6.45) is 0. The van der Waals surface area contributed by atoms with Gasteiger partial charge in [-0.25, -0.2) is 0 Å². The van der Waals surface area contributed by atoms with Gasteiger partial charge in [0.25, 0.3) is 11.6 Å². The van der Waals surface area contributed by atoms with E-state index in [1.807, 2.05) is 37.4 Å². The normalized spacial score (nSPS) is 11.7. The number of non-ortho nitro benzene ring substituents is 1. The molecule has 1 atom stereocenters. The molecule has 6 heteroatoms. The first-order valence-electron chi connectivity index (χ1n) is 6.94. The second-order valence-corrected chi connectivity index (χ2v) is 5.15. The van der Waals surface area contributed by atoms with Crippen molar-refractivity contribution in [3.8, 4) is 0 Å². The number of benzene rings is 2. The number of nitrogens with one attached hydrogen (secondary N) is 2. The summed E-state index contributed by atoms with van der Waals surface area (Å²) >= 11 is 0. The summed E-state index contributed by atoms with van der Waals surface area (Å²) in [5.74, 6) is -0.123. The molecule has 0 aliphatic rings. The van der Waals surface area contributed by atoms with Gasteiger partial charge in [-0.15, -0.1) is 0 Å². The van der Waals surface area contributed by atoms with Gasteiger partial charge in [-0.3, -0.25) is 14.9 Å². The van der Waals surface area contributed by atoms with E-state index in [0.717, 1.165) is 11.4 Å². The van der Waals surface area contributed by atoms with Crippen LogP contribution in [0, 0.1) is 10.1 Å². The van der Waals surface area contributed by atoms with Crippen molar-refractivity contribution in [3.05, 3.63) is 70.3 Å². The summed E-state index contributed by atoms with van der Waals surface area (Å²) in [5, 5.41) is 13.3. The smallest absolute Gasteiger partial charge is 0.279 e. The minimum absolute atomic E-state index is 0.00446. The van der Waals surface area contributed by atoms with Crippen molar-refractivity contribution >= 4 is 17.3 Å². The molecule has 0 spiro atoms. The van der Waals surface area contributed by atoms with Crippen molar-refractivity contribution in [2.45, 2.75) is 6.54 Å². The highest BCUT2D eigenvalue weighted by atomic mass is 16.6. The van der Waals surface area contributed by atoms with Gasteiger partial charge in [0.15, 0.2) is 6.54 Å². The Morgan fingerprint density at radius 3 is 2.36 bits per heavy atom. The summed E-state index contributed by atoms with van der Waals surface area (Å²) < 4.78 is 0. The lowest BCUT2D eigenvalue weighted by Gasteiger charge is -2.13. The fourth-order valence-corrected chi connectivity index (χ4v) is 2.15. The summed E-state index contributed by atoms with van der Waals surface area (Å²) in [5.41, 5.74) is 1.73. The molecule has 1 unspecified atom stereocenters. The minimum Gasteiger partial charge on any atom is -0.326 e. The molecule has 2 rings (SSSR count). The Bertz CT molecular complexity index is 641. The Morgan fingerprint density at radius 2 is 1.77 bits per heavy atom. The van der Waals surface area contributed by atoms with E-state index in [9.17, 15) is 14.9 Å². The van der Waals surface area contributed by atoms with Crippen LogP contribution in [0.15, 0.2) is 54.6 Å². The average Bonchev–Trinajstić information content (AvgIpc) is 2.48. The van der Waals surface area contributed by atoms with Gasteiger partial charge in [-0.1, -0.05) is 30.3 Å². The molecule has 0 saturated carbocycles. The molecule has 0 fully saturated rings. The van der Waals surface area contributed by atoms with Gasteiger partial charge < -0.3 is 10.2 Å². The van der Waals surface area contributed by atoms with Crippen LogP contribution >= 0.6 is 0 Å². The van der Waals surface area contributed by atoms with E-state index in [4.69, 9.17) is 0 Å². The molecule has 0 bridgehead atoms. The third kappa shape index (κ3) is 4.68. The van der Waals surface area contributed by atoms with E-state index in [2.05, 4.69) is 5.32 Å². The van der Waals surface area contributed by atoms with Crippen LogP contribution in [0.25, 0.3) is 0 Å². The molecule has 2 aromatic carbocycles. The Balaban J connectivity index is 1.85. The van der Waals surface area contributed by atoms with Crippen LogP contribution in [0.4, 0.5) is 11.4 Å². The molecular weight excluding hydrogens is 282 g/mol. The summed E-state index contributed by atoms with van der Waals surface area (Å²) in [6.45, 7) is 1.08. The number of carbonyl (C=O) groups excluding carboxylic acids is 1. The number of nitro benzene ring substituents is 1. The van der Waals surface area contributed by atoms with Gasteiger partial charge in [0.2, 0.25) is 0 Å². The lowest BCUT2D eigenvalue weighted by Crippen LogP contribution is -3.08. The molecule has 2 aromatic rings. The lowest BCUT2D eigenvalue weighted by atomic mass is 10.2. The van der Waals surface area contributed by atoms with E-state index in [1.165, 1.54) is 29.8 Å². The highest BCUT2D eigenvalue weighted by Crippen LogP contribution is 2.14. The number of quaternary nitrogens is 1. The van der Waals surface area contributed by atoms with Crippen LogP contribution in [0.3, 0.4) is 0 Å². The minimum atomic E-state index is -0.469.